The van der Waals surface area contributed by atoms with Gasteiger partial charge in [-0.05, 0) is 24.6 Å². The second-order valence-electron chi connectivity index (χ2n) is 4.07. The molecule has 5 heteroatoms. The molecule has 1 unspecified atom stereocenters. The lowest BCUT2D eigenvalue weighted by Crippen LogP contribution is -2.37. The van der Waals surface area contributed by atoms with Crippen molar-refractivity contribution in [2.45, 2.75) is 19.1 Å². The summed E-state index contributed by atoms with van der Waals surface area (Å²) in [6, 6.07) is 3.53. The molecule has 0 saturated heterocycles. The molecule has 0 aliphatic carbocycles. The van der Waals surface area contributed by atoms with E-state index in [1.807, 2.05) is 0 Å². The highest BCUT2D eigenvalue weighted by Gasteiger charge is 2.18. The van der Waals surface area contributed by atoms with Crippen LogP contribution in [0.2, 0.25) is 0 Å². The van der Waals surface area contributed by atoms with E-state index in [-0.39, 0.29) is 0 Å². The van der Waals surface area contributed by atoms with Gasteiger partial charge < -0.3 is 25.1 Å². The zero-order valence-electron chi connectivity index (χ0n) is 10.6. The van der Waals surface area contributed by atoms with Crippen LogP contribution in [0.4, 0.5) is 0 Å². The SMILES string of the molecule is COc1cc(CC(C)(N)O)cc(OC)c1OC. The van der Waals surface area contributed by atoms with Crippen molar-refractivity contribution in [1.29, 1.82) is 0 Å². The van der Waals surface area contributed by atoms with Crippen molar-refractivity contribution in [2.24, 2.45) is 5.73 Å². The van der Waals surface area contributed by atoms with Gasteiger partial charge in [-0.25, -0.2) is 0 Å². The molecule has 1 aromatic rings. The third-order valence-corrected chi connectivity index (χ3v) is 2.29. The van der Waals surface area contributed by atoms with Crippen molar-refractivity contribution in [1.82, 2.24) is 0 Å². The number of aliphatic hydroxyl groups is 1. The predicted octanol–water partition coefficient (Wildman–Crippen LogP) is 0.922. The van der Waals surface area contributed by atoms with Crippen LogP contribution in [0, 0.1) is 0 Å². The topological polar surface area (TPSA) is 73.9 Å². The molecule has 0 aromatic heterocycles. The van der Waals surface area contributed by atoms with E-state index in [2.05, 4.69) is 0 Å². The maximum atomic E-state index is 9.59. The first kappa shape index (κ1) is 13.6. The Hall–Kier alpha value is -1.46. The number of nitrogens with two attached hydrogens (primary N) is 1. The second-order valence-corrected chi connectivity index (χ2v) is 4.07. The van der Waals surface area contributed by atoms with Gasteiger partial charge >= 0.3 is 0 Å². The van der Waals surface area contributed by atoms with Crippen LogP contribution in [0.1, 0.15) is 12.5 Å². The maximum absolute atomic E-state index is 9.59. The lowest BCUT2D eigenvalue weighted by atomic mass is 10.0. The summed E-state index contributed by atoms with van der Waals surface area (Å²) in [6.07, 6.45) is 0.295. The summed E-state index contributed by atoms with van der Waals surface area (Å²) >= 11 is 0. The Balaban J connectivity index is 3.18. The van der Waals surface area contributed by atoms with Gasteiger partial charge in [0.1, 0.15) is 5.72 Å². The normalized spacial score (nSPS) is 14.0. The molecular formula is C12H19NO4. The van der Waals surface area contributed by atoms with E-state index in [1.165, 1.54) is 6.92 Å². The van der Waals surface area contributed by atoms with Gasteiger partial charge in [-0.2, -0.15) is 0 Å². The molecule has 0 fully saturated rings. The quantitative estimate of drug-likeness (QED) is 0.750. The number of hydrogen-bond donors (Lipinski definition) is 2. The highest BCUT2D eigenvalue weighted by molar-refractivity contribution is 5.54. The van der Waals surface area contributed by atoms with Crippen LogP contribution in [0.3, 0.4) is 0 Å². The Morgan fingerprint density at radius 1 is 1.12 bits per heavy atom. The van der Waals surface area contributed by atoms with Gasteiger partial charge in [0, 0.05) is 6.42 Å². The summed E-state index contributed by atoms with van der Waals surface area (Å²) in [5, 5.41) is 9.59. The average molecular weight is 241 g/mol. The van der Waals surface area contributed by atoms with E-state index in [0.29, 0.717) is 23.7 Å². The summed E-state index contributed by atoms with van der Waals surface area (Å²) < 4.78 is 15.6. The molecule has 0 bridgehead atoms. The van der Waals surface area contributed by atoms with Gasteiger partial charge in [0.05, 0.1) is 21.3 Å². The average Bonchev–Trinajstić information content (AvgIpc) is 2.25. The molecule has 1 aromatic carbocycles. The largest absolute Gasteiger partial charge is 0.493 e. The first-order chi connectivity index (χ1) is 7.91. The van der Waals surface area contributed by atoms with E-state index in [4.69, 9.17) is 19.9 Å². The van der Waals surface area contributed by atoms with E-state index >= 15 is 0 Å². The Bertz CT molecular complexity index is 360. The second kappa shape index (κ2) is 5.25. The summed E-state index contributed by atoms with van der Waals surface area (Å²) in [5.41, 5.74) is 5.10. The number of hydrogen-bond acceptors (Lipinski definition) is 5. The standard InChI is InChI=1S/C12H19NO4/c1-12(13,14)7-8-5-9(15-2)11(17-4)10(6-8)16-3/h5-6,14H,7,13H2,1-4H3. The lowest BCUT2D eigenvalue weighted by molar-refractivity contribution is 0.0676. The Labute approximate surface area is 101 Å². The summed E-state index contributed by atoms with van der Waals surface area (Å²) in [4.78, 5) is 0. The van der Waals surface area contributed by atoms with Crippen molar-refractivity contribution in [2.75, 3.05) is 21.3 Å². The molecule has 0 aliphatic heterocycles. The van der Waals surface area contributed by atoms with Crippen LogP contribution < -0.4 is 19.9 Å². The van der Waals surface area contributed by atoms with Gasteiger partial charge in [0.15, 0.2) is 11.5 Å². The molecule has 0 aliphatic rings. The van der Waals surface area contributed by atoms with Gasteiger partial charge in [0.25, 0.3) is 0 Å². The Kier molecular flexibility index (Phi) is 4.20. The zero-order valence-corrected chi connectivity index (χ0v) is 10.6. The van der Waals surface area contributed by atoms with Crippen molar-refractivity contribution >= 4 is 0 Å². The van der Waals surface area contributed by atoms with Gasteiger partial charge in [-0.1, -0.05) is 0 Å². The third kappa shape index (κ3) is 3.51. The smallest absolute Gasteiger partial charge is 0.203 e. The van der Waals surface area contributed by atoms with E-state index in [0.717, 1.165) is 5.56 Å². The first-order valence-electron chi connectivity index (χ1n) is 5.21. The molecule has 0 saturated carbocycles. The number of rotatable bonds is 5. The van der Waals surface area contributed by atoms with Crippen LogP contribution in [-0.4, -0.2) is 32.2 Å². The minimum atomic E-state index is -1.27. The van der Waals surface area contributed by atoms with E-state index in [9.17, 15) is 5.11 Å². The van der Waals surface area contributed by atoms with Crippen molar-refractivity contribution in [3.05, 3.63) is 17.7 Å². The third-order valence-electron chi connectivity index (χ3n) is 2.29. The summed E-state index contributed by atoms with van der Waals surface area (Å²) in [7, 11) is 4.63. The Morgan fingerprint density at radius 2 is 1.59 bits per heavy atom. The van der Waals surface area contributed by atoms with Crippen LogP contribution in [0.25, 0.3) is 0 Å². The molecular weight excluding hydrogens is 222 g/mol. The van der Waals surface area contributed by atoms with Crippen LogP contribution >= 0.6 is 0 Å². The first-order valence-corrected chi connectivity index (χ1v) is 5.21. The van der Waals surface area contributed by atoms with Gasteiger partial charge in [-0.15, -0.1) is 0 Å². The van der Waals surface area contributed by atoms with Crippen LogP contribution in [-0.2, 0) is 6.42 Å². The predicted molar refractivity (Wildman–Crippen MR) is 64.6 cm³/mol. The van der Waals surface area contributed by atoms with Crippen LogP contribution in [0.15, 0.2) is 12.1 Å². The van der Waals surface area contributed by atoms with Gasteiger partial charge in [-0.3, -0.25) is 0 Å². The van der Waals surface area contributed by atoms with Crippen molar-refractivity contribution in [3.8, 4) is 17.2 Å². The van der Waals surface area contributed by atoms with Crippen molar-refractivity contribution in [3.63, 3.8) is 0 Å². The fourth-order valence-electron chi connectivity index (χ4n) is 1.65. The summed E-state index contributed by atoms with van der Waals surface area (Å²) in [6.45, 7) is 1.54. The lowest BCUT2D eigenvalue weighted by Gasteiger charge is -2.19. The molecule has 5 nitrogen and oxygen atoms in total. The molecule has 0 radical (unpaired) electrons. The number of methoxy groups -OCH3 is 3. The molecule has 96 valence electrons. The molecule has 0 heterocycles. The Morgan fingerprint density at radius 3 is 1.88 bits per heavy atom. The highest BCUT2D eigenvalue weighted by atomic mass is 16.5. The molecule has 1 atom stereocenters. The van der Waals surface area contributed by atoms with E-state index in [1.54, 1.807) is 33.5 Å². The molecule has 3 N–H and O–H groups in total. The van der Waals surface area contributed by atoms with Crippen LogP contribution in [0.5, 0.6) is 17.2 Å². The number of ether oxygens (including phenoxy) is 3. The summed E-state index contributed by atoms with van der Waals surface area (Å²) in [5.74, 6) is 1.62. The van der Waals surface area contributed by atoms with E-state index < -0.39 is 5.72 Å². The molecule has 0 amide bonds. The number of benzene rings is 1. The fourth-order valence-corrected chi connectivity index (χ4v) is 1.65. The highest BCUT2D eigenvalue weighted by Crippen LogP contribution is 2.38. The monoisotopic (exact) mass is 241 g/mol. The minimum Gasteiger partial charge on any atom is -0.493 e. The van der Waals surface area contributed by atoms with Gasteiger partial charge in [0.2, 0.25) is 5.75 Å². The molecule has 1 rings (SSSR count). The fraction of sp³-hybridized carbons (Fsp3) is 0.500. The zero-order chi connectivity index (χ0) is 13.1. The maximum Gasteiger partial charge on any atom is 0.203 e. The molecule has 0 spiro atoms. The molecule has 17 heavy (non-hydrogen) atoms. The van der Waals surface area contributed by atoms with Crippen molar-refractivity contribution < 1.29 is 19.3 Å². The minimum absolute atomic E-state index is 0.295.